The largest absolute Gasteiger partial charge is 0.493 e. The molecule has 0 bridgehead atoms. The molecule has 2 N–H and O–H groups in total. The van der Waals surface area contributed by atoms with E-state index in [9.17, 15) is 9.59 Å². The number of rotatable bonds is 8. The van der Waals surface area contributed by atoms with Crippen LogP contribution >= 0.6 is 0 Å². The SMILES string of the molecule is COc1cc(/C=C/C(=O)NCC(=O)NCCc2ccccc2)cc2c1OCCO2. The Balaban J connectivity index is 1.45. The Labute approximate surface area is 169 Å². The van der Waals surface area contributed by atoms with Gasteiger partial charge < -0.3 is 24.8 Å². The maximum atomic E-state index is 12.0. The maximum Gasteiger partial charge on any atom is 0.244 e. The molecule has 7 heteroatoms. The van der Waals surface area contributed by atoms with Crippen LogP contribution in [0.25, 0.3) is 6.08 Å². The van der Waals surface area contributed by atoms with Gasteiger partial charge in [0.2, 0.25) is 17.6 Å². The van der Waals surface area contributed by atoms with Crippen LogP contribution in [0.3, 0.4) is 0 Å². The Morgan fingerprint density at radius 1 is 1.10 bits per heavy atom. The van der Waals surface area contributed by atoms with Crippen molar-refractivity contribution < 1.29 is 23.8 Å². The van der Waals surface area contributed by atoms with Crippen LogP contribution in [-0.4, -0.2) is 45.2 Å². The molecule has 0 spiro atoms. The molecule has 1 aliphatic rings. The number of hydrogen-bond acceptors (Lipinski definition) is 5. The van der Waals surface area contributed by atoms with Crippen LogP contribution in [0.1, 0.15) is 11.1 Å². The van der Waals surface area contributed by atoms with Crippen LogP contribution in [-0.2, 0) is 16.0 Å². The van der Waals surface area contributed by atoms with Gasteiger partial charge in [0.15, 0.2) is 11.5 Å². The molecule has 0 saturated heterocycles. The summed E-state index contributed by atoms with van der Waals surface area (Å²) in [6.45, 7) is 1.37. The number of benzene rings is 2. The highest BCUT2D eigenvalue weighted by molar-refractivity contribution is 5.94. The fraction of sp³-hybridized carbons (Fsp3) is 0.273. The lowest BCUT2D eigenvalue weighted by Gasteiger charge is -2.20. The second-order valence-electron chi connectivity index (χ2n) is 6.38. The molecule has 0 unspecified atom stereocenters. The van der Waals surface area contributed by atoms with E-state index < -0.39 is 0 Å². The number of carbonyl (C=O) groups excluding carboxylic acids is 2. The van der Waals surface area contributed by atoms with Gasteiger partial charge in [-0.1, -0.05) is 30.3 Å². The number of amides is 2. The van der Waals surface area contributed by atoms with Gasteiger partial charge in [0.25, 0.3) is 0 Å². The lowest BCUT2D eigenvalue weighted by Crippen LogP contribution is -2.37. The van der Waals surface area contributed by atoms with Crippen molar-refractivity contribution in [1.29, 1.82) is 0 Å². The molecule has 0 saturated carbocycles. The summed E-state index contributed by atoms with van der Waals surface area (Å²) in [5.41, 5.74) is 1.88. The van der Waals surface area contributed by atoms with Gasteiger partial charge >= 0.3 is 0 Å². The normalized spacial score (nSPS) is 12.4. The van der Waals surface area contributed by atoms with Crippen LogP contribution < -0.4 is 24.8 Å². The van der Waals surface area contributed by atoms with E-state index in [1.165, 1.54) is 6.08 Å². The summed E-state index contributed by atoms with van der Waals surface area (Å²) in [4.78, 5) is 23.9. The minimum Gasteiger partial charge on any atom is -0.493 e. The first-order valence-electron chi connectivity index (χ1n) is 9.40. The molecule has 2 amide bonds. The average Bonchev–Trinajstić information content (AvgIpc) is 2.76. The zero-order valence-corrected chi connectivity index (χ0v) is 16.3. The Kier molecular flexibility index (Phi) is 7.10. The summed E-state index contributed by atoms with van der Waals surface area (Å²) in [5, 5.41) is 5.35. The first kappa shape index (κ1) is 20.3. The predicted molar refractivity (Wildman–Crippen MR) is 109 cm³/mol. The summed E-state index contributed by atoms with van der Waals surface area (Å²) in [5.74, 6) is 1.08. The fourth-order valence-electron chi connectivity index (χ4n) is 2.84. The minimum absolute atomic E-state index is 0.0809. The van der Waals surface area contributed by atoms with E-state index in [0.29, 0.717) is 37.0 Å². The fourth-order valence-corrected chi connectivity index (χ4v) is 2.84. The minimum atomic E-state index is -0.364. The maximum absolute atomic E-state index is 12.0. The molecule has 1 aliphatic heterocycles. The molecular formula is C22H24N2O5. The molecule has 1 heterocycles. The lowest BCUT2D eigenvalue weighted by molar-refractivity contribution is -0.123. The standard InChI is InChI=1S/C22H24N2O5/c1-27-18-13-17(14-19-22(18)29-12-11-28-19)7-8-20(25)24-15-21(26)23-10-9-16-5-3-2-4-6-16/h2-8,13-14H,9-12,15H2,1H3,(H,23,26)(H,24,25)/b8-7+. The highest BCUT2D eigenvalue weighted by Crippen LogP contribution is 2.40. The smallest absolute Gasteiger partial charge is 0.244 e. The number of carbonyl (C=O) groups is 2. The summed E-state index contributed by atoms with van der Waals surface area (Å²) in [6.07, 6.45) is 3.73. The van der Waals surface area contributed by atoms with Crippen LogP contribution in [0.5, 0.6) is 17.2 Å². The van der Waals surface area contributed by atoms with E-state index in [1.807, 2.05) is 30.3 Å². The van der Waals surface area contributed by atoms with Crippen molar-refractivity contribution in [3.8, 4) is 17.2 Å². The molecule has 152 valence electrons. The molecular weight excluding hydrogens is 372 g/mol. The summed E-state index contributed by atoms with van der Waals surface area (Å²) >= 11 is 0. The number of ether oxygens (including phenoxy) is 3. The van der Waals surface area contributed by atoms with E-state index in [-0.39, 0.29) is 18.4 Å². The first-order valence-corrected chi connectivity index (χ1v) is 9.40. The van der Waals surface area contributed by atoms with Crippen molar-refractivity contribution in [1.82, 2.24) is 10.6 Å². The molecule has 2 aromatic rings. The third kappa shape index (κ3) is 6.00. The van der Waals surface area contributed by atoms with E-state index in [4.69, 9.17) is 14.2 Å². The van der Waals surface area contributed by atoms with Crippen LogP contribution in [0.2, 0.25) is 0 Å². The van der Waals surface area contributed by atoms with Crippen molar-refractivity contribution in [2.75, 3.05) is 33.4 Å². The van der Waals surface area contributed by atoms with Crippen molar-refractivity contribution >= 4 is 17.9 Å². The van der Waals surface area contributed by atoms with Gasteiger partial charge in [0, 0.05) is 12.6 Å². The van der Waals surface area contributed by atoms with Gasteiger partial charge in [0.05, 0.1) is 13.7 Å². The second kappa shape index (κ2) is 10.2. The molecule has 3 rings (SSSR count). The van der Waals surface area contributed by atoms with Crippen molar-refractivity contribution in [3.63, 3.8) is 0 Å². The summed E-state index contributed by atoms with van der Waals surface area (Å²) < 4.78 is 16.4. The number of fused-ring (bicyclic) bond motifs is 1. The zero-order chi connectivity index (χ0) is 20.5. The van der Waals surface area contributed by atoms with Gasteiger partial charge in [-0.15, -0.1) is 0 Å². The van der Waals surface area contributed by atoms with E-state index >= 15 is 0 Å². The van der Waals surface area contributed by atoms with Crippen molar-refractivity contribution in [3.05, 3.63) is 59.7 Å². The van der Waals surface area contributed by atoms with Gasteiger partial charge in [-0.25, -0.2) is 0 Å². The number of hydrogen-bond donors (Lipinski definition) is 2. The van der Waals surface area contributed by atoms with Crippen LogP contribution in [0.15, 0.2) is 48.5 Å². The summed E-state index contributed by atoms with van der Waals surface area (Å²) in [6, 6.07) is 13.4. The Morgan fingerprint density at radius 3 is 2.69 bits per heavy atom. The molecule has 0 aromatic heterocycles. The van der Waals surface area contributed by atoms with E-state index in [0.717, 1.165) is 17.5 Å². The molecule has 7 nitrogen and oxygen atoms in total. The second-order valence-corrected chi connectivity index (χ2v) is 6.38. The molecule has 29 heavy (non-hydrogen) atoms. The third-order valence-corrected chi connectivity index (χ3v) is 4.28. The predicted octanol–water partition coefficient (Wildman–Crippen LogP) is 1.95. The first-order chi connectivity index (χ1) is 14.2. The highest BCUT2D eigenvalue weighted by Gasteiger charge is 2.17. The van der Waals surface area contributed by atoms with Gasteiger partial charge in [-0.2, -0.15) is 0 Å². The Hall–Kier alpha value is -3.48. The number of nitrogens with one attached hydrogen (secondary N) is 2. The average molecular weight is 396 g/mol. The Morgan fingerprint density at radius 2 is 1.90 bits per heavy atom. The molecule has 0 radical (unpaired) electrons. The van der Waals surface area contributed by atoms with Crippen LogP contribution in [0.4, 0.5) is 0 Å². The molecule has 0 aliphatic carbocycles. The van der Waals surface area contributed by atoms with Crippen molar-refractivity contribution in [2.45, 2.75) is 6.42 Å². The number of methoxy groups -OCH3 is 1. The highest BCUT2D eigenvalue weighted by atomic mass is 16.6. The van der Waals surface area contributed by atoms with Gasteiger partial charge in [0.1, 0.15) is 13.2 Å². The monoisotopic (exact) mass is 396 g/mol. The molecule has 0 atom stereocenters. The van der Waals surface area contributed by atoms with Crippen molar-refractivity contribution in [2.24, 2.45) is 0 Å². The lowest BCUT2D eigenvalue weighted by atomic mass is 10.1. The molecule has 2 aromatic carbocycles. The van der Waals surface area contributed by atoms with E-state index in [1.54, 1.807) is 25.3 Å². The third-order valence-electron chi connectivity index (χ3n) is 4.28. The van der Waals surface area contributed by atoms with E-state index in [2.05, 4.69) is 10.6 Å². The van der Waals surface area contributed by atoms with Gasteiger partial charge in [-0.05, 0) is 35.8 Å². The summed E-state index contributed by atoms with van der Waals surface area (Å²) in [7, 11) is 1.55. The quantitative estimate of drug-likeness (QED) is 0.666. The zero-order valence-electron chi connectivity index (χ0n) is 16.3. The Bertz CT molecular complexity index is 863. The molecule has 0 fully saturated rings. The van der Waals surface area contributed by atoms with Gasteiger partial charge in [-0.3, -0.25) is 9.59 Å². The topological polar surface area (TPSA) is 85.9 Å². The van der Waals surface area contributed by atoms with Crippen LogP contribution in [0, 0.1) is 0 Å².